The van der Waals surface area contributed by atoms with E-state index in [9.17, 15) is 9.50 Å². The largest absolute Gasteiger partial charge is 0.502 e. The van der Waals surface area contributed by atoms with Crippen LogP contribution in [0.3, 0.4) is 0 Å². The van der Waals surface area contributed by atoms with Gasteiger partial charge in [-0.3, -0.25) is 0 Å². The van der Waals surface area contributed by atoms with E-state index in [4.69, 9.17) is 4.74 Å². The Bertz CT molecular complexity index is 918. The highest BCUT2D eigenvalue weighted by molar-refractivity contribution is 7.09. The molecule has 0 spiro atoms. The molecule has 4 rings (SSSR count). The van der Waals surface area contributed by atoms with Gasteiger partial charge in [-0.15, -0.1) is 0 Å². The predicted octanol–water partition coefficient (Wildman–Crippen LogP) is 4.93. The lowest BCUT2D eigenvalue weighted by Gasteiger charge is -2.17. The SMILES string of the molecule is COc1cc(-c2cc(-c3ccc(N4CCCC4)cc3)sn2)cc(F)c1O. The van der Waals surface area contributed by atoms with Crippen molar-refractivity contribution in [3.05, 3.63) is 48.3 Å². The molecule has 2 heterocycles. The van der Waals surface area contributed by atoms with Gasteiger partial charge in [0.15, 0.2) is 17.3 Å². The van der Waals surface area contributed by atoms with Crippen molar-refractivity contribution in [2.75, 3.05) is 25.1 Å². The smallest absolute Gasteiger partial charge is 0.194 e. The maximum atomic E-state index is 13.9. The quantitative estimate of drug-likeness (QED) is 0.707. The number of aromatic nitrogens is 1. The first-order valence-electron chi connectivity index (χ1n) is 8.54. The van der Waals surface area contributed by atoms with Crippen LogP contribution in [0, 0.1) is 5.82 Å². The number of phenols is 1. The number of anilines is 1. The zero-order valence-electron chi connectivity index (χ0n) is 14.4. The molecule has 6 heteroatoms. The average molecular weight is 370 g/mol. The third kappa shape index (κ3) is 3.12. The third-order valence-electron chi connectivity index (χ3n) is 4.68. The topological polar surface area (TPSA) is 45.6 Å². The Morgan fingerprint density at radius 1 is 1.08 bits per heavy atom. The van der Waals surface area contributed by atoms with Gasteiger partial charge in [0.25, 0.3) is 0 Å². The van der Waals surface area contributed by atoms with Crippen molar-refractivity contribution in [2.24, 2.45) is 0 Å². The Balaban J connectivity index is 1.61. The molecular formula is C20H19FN2O2S. The van der Waals surface area contributed by atoms with Crippen molar-refractivity contribution < 1.29 is 14.2 Å². The summed E-state index contributed by atoms with van der Waals surface area (Å²) in [6.45, 7) is 2.25. The molecule has 0 unspecified atom stereocenters. The summed E-state index contributed by atoms with van der Waals surface area (Å²) in [4.78, 5) is 3.41. The molecule has 4 nitrogen and oxygen atoms in total. The molecule has 0 saturated carbocycles. The molecule has 134 valence electrons. The lowest BCUT2D eigenvalue weighted by molar-refractivity contribution is 0.357. The van der Waals surface area contributed by atoms with Crippen molar-refractivity contribution in [1.82, 2.24) is 4.37 Å². The number of rotatable bonds is 4. The van der Waals surface area contributed by atoms with Crippen LogP contribution >= 0.6 is 11.5 Å². The van der Waals surface area contributed by atoms with Crippen molar-refractivity contribution in [3.8, 4) is 33.2 Å². The molecule has 1 aliphatic heterocycles. The number of nitrogens with zero attached hydrogens (tertiary/aromatic N) is 2. The summed E-state index contributed by atoms with van der Waals surface area (Å²) in [5.74, 6) is -1.10. The van der Waals surface area contributed by atoms with Gasteiger partial charge in [-0.2, -0.15) is 4.37 Å². The van der Waals surface area contributed by atoms with Crippen LogP contribution in [-0.4, -0.2) is 29.7 Å². The fraction of sp³-hybridized carbons (Fsp3) is 0.250. The number of phenolic OH excluding ortho intramolecular Hbond substituents is 1. The van der Waals surface area contributed by atoms with Crippen molar-refractivity contribution in [1.29, 1.82) is 0 Å². The predicted molar refractivity (Wildman–Crippen MR) is 103 cm³/mol. The minimum Gasteiger partial charge on any atom is -0.502 e. The van der Waals surface area contributed by atoms with Crippen LogP contribution in [0.15, 0.2) is 42.5 Å². The number of hydrogen-bond donors (Lipinski definition) is 1. The summed E-state index contributed by atoms with van der Waals surface area (Å²) >= 11 is 1.37. The van der Waals surface area contributed by atoms with Gasteiger partial charge >= 0.3 is 0 Å². The first-order chi connectivity index (χ1) is 12.7. The van der Waals surface area contributed by atoms with Gasteiger partial charge < -0.3 is 14.7 Å². The zero-order valence-corrected chi connectivity index (χ0v) is 15.2. The van der Waals surface area contributed by atoms with Crippen molar-refractivity contribution in [2.45, 2.75) is 12.8 Å². The summed E-state index contributed by atoms with van der Waals surface area (Å²) in [6.07, 6.45) is 2.51. The first kappa shape index (κ1) is 16.8. The Morgan fingerprint density at radius 3 is 2.50 bits per heavy atom. The fourth-order valence-electron chi connectivity index (χ4n) is 3.24. The Kier molecular flexibility index (Phi) is 4.51. The van der Waals surface area contributed by atoms with E-state index in [1.54, 1.807) is 6.07 Å². The molecule has 0 amide bonds. The van der Waals surface area contributed by atoms with Gasteiger partial charge in [0, 0.05) is 24.3 Å². The van der Waals surface area contributed by atoms with E-state index in [0.717, 1.165) is 23.5 Å². The third-order valence-corrected chi connectivity index (χ3v) is 5.52. The number of hydrogen-bond acceptors (Lipinski definition) is 5. The summed E-state index contributed by atoms with van der Waals surface area (Å²) in [7, 11) is 1.40. The summed E-state index contributed by atoms with van der Waals surface area (Å²) in [5, 5.41) is 9.65. The summed E-state index contributed by atoms with van der Waals surface area (Å²) < 4.78 is 23.3. The van der Waals surface area contributed by atoms with Gasteiger partial charge in [-0.1, -0.05) is 12.1 Å². The minimum atomic E-state index is -0.719. The Labute approximate surface area is 155 Å². The molecule has 1 N–H and O–H groups in total. The number of halogens is 1. The normalized spacial score (nSPS) is 14.0. The van der Waals surface area contributed by atoms with E-state index in [1.165, 1.54) is 43.2 Å². The molecule has 1 saturated heterocycles. The van der Waals surface area contributed by atoms with Crippen LogP contribution in [-0.2, 0) is 0 Å². The van der Waals surface area contributed by atoms with E-state index in [-0.39, 0.29) is 5.75 Å². The molecule has 1 aliphatic rings. The zero-order chi connectivity index (χ0) is 18.1. The van der Waals surface area contributed by atoms with Crippen LogP contribution in [0.25, 0.3) is 21.7 Å². The highest BCUT2D eigenvalue weighted by Crippen LogP contribution is 2.36. The van der Waals surface area contributed by atoms with Crippen molar-refractivity contribution in [3.63, 3.8) is 0 Å². The summed E-state index contributed by atoms with van der Waals surface area (Å²) in [6, 6.07) is 13.3. The maximum absolute atomic E-state index is 13.9. The second kappa shape index (κ2) is 6.96. The maximum Gasteiger partial charge on any atom is 0.194 e. The van der Waals surface area contributed by atoms with Crippen LogP contribution in [0.4, 0.5) is 10.1 Å². The standard InChI is InChI=1S/C20H19FN2O2S/c1-25-18-11-14(10-16(21)20(18)24)17-12-19(26-22-17)13-4-6-15(7-5-13)23-8-2-3-9-23/h4-7,10-12,24H,2-3,8-9H2,1H3. The number of aromatic hydroxyl groups is 1. The molecule has 1 fully saturated rings. The van der Waals surface area contributed by atoms with Crippen LogP contribution in [0.5, 0.6) is 11.5 Å². The van der Waals surface area contributed by atoms with Crippen LogP contribution in [0.1, 0.15) is 12.8 Å². The Morgan fingerprint density at radius 2 is 1.81 bits per heavy atom. The average Bonchev–Trinajstić information content (AvgIpc) is 3.36. The van der Waals surface area contributed by atoms with Crippen LogP contribution in [0.2, 0.25) is 0 Å². The molecule has 2 aromatic carbocycles. The van der Waals surface area contributed by atoms with Gasteiger partial charge in [-0.05, 0) is 60.3 Å². The second-order valence-electron chi connectivity index (χ2n) is 6.33. The van der Waals surface area contributed by atoms with E-state index >= 15 is 0 Å². The number of ether oxygens (including phenoxy) is 1. The number of methoxy groups -OCH3 is 1. The highest BCUT2D eigenvalue weighted by atomic mass is 32.1. The molecule has 0 aliphatic carbocycles. The van der Waals surface area contributed by atoms with Crippen LogP contribution < -0.4 is 9.64 Å². The fourth-order valence-corrected chi connectivity index (χ4v) is 4.00. The lowest BCUT2D eigenvalue weighted by atomic mass is 10.1. The highest BCUT2D eigenvalue weighted by Gasteiger charge is 2.15. The molecule has 26 heavy (non-hydrogen) atoms. The lowest BCUT2D eigenvalue weighted by Crippen LogP contribution is -2.17. The molecule has 1 aromatic heterocycles. The molecule has 0 atom stereocenters. The van der Waals surface area contributed by atoms with Crippen molar-refractivity contribution >= 4 is 17.2 Å². The second-order valence-corrected chi connectivity index (χ2v) is 7.13. The monoisotopic (exact) mass is 370 g/mol. The first-order valence-corrected chi connectivity index (χ1v) is 9.32. The molecule has 3 aromatic rings. The van der Waals surface area contributed by atoms with E-state index in [2.05, 4.69) is 33.5 Å². The van der Waals surface area contributed by atoms with Gasteiger partial charge in [0.1, 0.15) is 0 Å². The Hall–Kier alpha value is -2.60. The summed E-state index contributed by atoms with van der Waals surface area (Å²) in [5.41, 5.74) is 3.57. The van der Waals surface area contributed by atoms with Gasteiger partial charge in [0.05, 0.1) is 17.7 Å². The molecular weight excluding hydrogens is 351 g/mol. The molecule has 0 bridgehead atoms. The molecule has 0 radical (unpaired) electrons. The number of benzene rings is 2. The van der Waals surface area contributed by atoms with E-state index < -0.39 is 11.6 Å². The minimum absolute atomic E-state index is 0.101. The van der Waals surface area contributed by atoms with E-state index in [1.807, 2.05) is 6.07 Å². The van der Waals surface area contributed by atoms with E-state index in [0.29, 0.717) is 11.3 Å². The van der Waals surface area contributed by atoms with Gasteiger partial charge in [-0.25, -0.2) is 4.39 Å². The van der Waals surface area contributed by atoms with Gasteiger partial charge in [0.2, 0.25) is 0 Å².